The number of hydrogen-bond donors (Lipinski definition) is 1. The first-order chi connectivity index (χ1) is 9.41. The van der Waals surface area contributed by atoms with Crippen LogP contribution in [0.4, 0.5) is 5.69 Å². The molecule has 0 saturated carbocycles. The fourth-order valence-electron chi connectivity index (χ4n) is 2.45. The molecule has 1 atom stereocenters. The van der Waals surface area contributed by atoms with Crippen LogP contribution in [0.25, 0.3) is 0 Å². The number of piperazine rings is 1. The molecule has 110 valence electrons. The van der Waals surface area contributed by atoms with Crippen molar-refractivity contribution in [2.24, 2.45) is 0 Å². The number of carbonyl (C=O) groups is 1. The number of methoxy groups -OCH3 is 1. The van der Waals surface area contributed by atoms with E-state index in [0.717, 1.165) is 13.1 Å². The molecule has 4 heteroatoms. The minimum Gasteiger partial charge on any atom is -0.468 e. The van der Waals surface area contributed by atoms with Gasteiger partial charge in [0, 0.05) is 25.3 Å². The highest BCUT2D eigenvalue weighted by molar-refractivity contribution is 5.77. The second-order valence-corrected chi connectivity index (χ2v) is 6.28. The third kappa shape index (κ3) is 3.31. The Labute approximate surface area is 121 Å². The monoisotopic (exact) mass is 276 g/mol. The molecule has 1 heterocycles. The number of rotatable bonds is 2. The molecule has 1 aliphatic heterocycles. The third-order valence-corrected chi connectivity index (χ3v) is 3.74. The Hall–Kier alpha value is -1.55. The van der Waals surface area contributed by atoms with Gasteiger partial charge in [-0.05, 0) is 23.1 Å². The van der Waals surface area contributed by atoms with E-state index < -0.39 is 0 Å². The lowest BCUT2D eigenvalue weighted by atomic mass is 9.87. The van der Waals surface area contributed by atoms with Crippen molar-refractivity contribution in [2.45, 2.75) is 32.2 Å². The third-order valence-electron chi connectivity index (χ3n) is 3.74. The fourth-order valence-corrected chi connectivity index (χ4v) is 2.45. The number of carbonyl (C=O) groups excluding carboxylic acids is 1. The van der Waals surface area contributed by atoms with Gasteiger partial charge in [-0.3, -0.25) is 4.79 Å². The largest absolute Gasteiger partial charge is 0.468 e. The van der Waals surface area contributed by atoms with E-state index in [-0.39, 0.29) is 17.4 Å². The zero-order valence-electron chi connectivity index (χ0n) is 12.8. The quantitative estimate of drug-likeness (QED) is 0.838. The molecule has 1 fully saturated rings. The summed E-state index contributed by atoms with van der Waals surface area (Å²) in [4.78, 5) is 13.9. The van der Waals surface area contributed by atoms with Crippen molar-refractivity contribution >= 4 is 11.7 Å². The second kappa shape index (κ2) is 5.83. The van der Waals surface area contributed by atoms with Gasteiger partial charge in [0.2, 0.25) is 0 Å². The van der Waals surface area contributed by atoms with E-state index in [9.17, 15) is 4.79 Å². The Balaban J connectivity index is 2.17. The van der Waals surface area contributed by atoms with Gasteiger partial charge in [-0.1, -0.05) is 32.9 Å². The highest BCUT2D eigenvalue weighted by atomic mass is 16.5. The lowest BCUT2D eigenvalue weighted by Gasteiger charge is -2.34. The maximum absolute atomic E-state index is 11.7. The molecule has 1 N–H and O–H groups in total. The number of hydrogen-bond acceptors (Lipinski definition) is 4. The van der Waals surface area contributed by atoms with E-state index in [1.807, 2.05) is 0 Å². The Morgan fingerprint density at radius 1 is 1.40 bits per heavy atom. The zero-order chi connectivity index (χ0) is 14.8. The molecule has 0 aliphatic carbocycles. The minimum atomic E-state index is -0.243. The van der Waals surface area contributed by atoms with Crippen LogP contribution in [0.1, 0.15) is 26.3 Å². The molecule has 0 spiro atoms. The molecule has 1 unspecified atom stereocenters. The summed E-state index contributed by atoms with van der Waals surface area (Å²) < 4.78 is 4.82. The molecular formula is C16H24N2O2. The van der Waals surface area contributed by atoms with Crippen molar-refractivity contribution in [3.8, 4) is 0 Å². The van der Waals surface area contributed by atoms with Gasteiger partial charge in [0.05, 0.1) is 7.11 Å². The van der Waals surface area contributed by atoms with Crippen molar-refractivity contribution in [1.29, 1.82) is 0 Å². The SMILES string of the molecule is COC(=O)C1CN(c2cccc(C(C)(C)C)c2)CCN1. The van der Waals surface area contributed by atoms with Gasteiger partial charge in [-0.2, -0.15) is 0 Å². The van der Waals surface area contributed by atoms with E-state index in [4.69, 9.17) is 4.74 Å². The van der Waals surface area contributed by atoms with Gasteiger partial charge < -0.3 is 15.0 Å². The summed E-state index contributed by atoms with van der Waals surface area (Å²) in [6.45, 7) is 8.98. The molecule has 0 amide bonds. The minimum absolute atomic E-state index is 0.131. The molecule has 2 rings (SSSR count). The first-order valence-corrected chi connectivity index (χ1v) is 7.08. The molecular weight excluding hydrogens is 252 g/mol. The Bertz CT molecular complexity index is 480. The maximum atomic E-state index is 11.7. The average molecular weight is 276 g/mol. The van der Waals surface area contributed by atoms with Crippen molar-refractivity contribution in [2.75, 3.05) is 31.6 Å². The van der Waals surface area contributed by atoms with Crippen LogP contribution in [0.15, 0.2) is 24.3 Å². The summed E-state index contributed by atoms with van der Waals surface area (Å²) in [5.41, 5.74) is 2.61. The topological polar surface area (TPSA) is 41.6 Å². The summed E-state index contributed by atoms with van der Waals surface area (Å²) >= 11 is 0. The van der Waals surface area contributed by atoms with Gasteiger partial charge in [0.1, 0.15) is 6.04 Å². The fraction of sp³-hybridized carbons (Fsp3) is 0.562. The molecule has 0 bridgehead atoms. The summed E-state index contributed by atoms with van der Waals surface area (Å²) in [7, 11) is 1.43. The predicted octanol–water partition coefficient (Wildman–Crippen LogP) is 1.94. The van der Waals surface area contributed by atoms with Gasteiger partial charge in [-0.15, -0.1) is 0 Å². The molecule has 1 aromatic carbocycles. The van der Waals surface area contributed by atoms with Crippen LogP contribution in [0.3, 0.4) is 0 Å². The molecule has 1 aliphatic rings. The van der Waals surface area contributed by atoms with E-state index in [1.165, 1.54) is 18.4 Å². The maximum Gasteiger partial charge on any atom is 0.324 e. The van der Waals surface area contributed by atoms with Crippen LogP contribution in [0.5, 0.6) is 0 Å². The van der Waals surface area contributed by atoms with E-state index >= 15 is 0 Å². The van der Waals surface area contributed by atoms with Crippen LogP contribution in [0, 0.1) is 0 Å². The van der Waals surface area contributed by atoms with E-state index in [0.29, 0.717) is 6.54 Å². The second-order valence-electron chi connectivity index (χ2n) is 6.28. The van der Waals surface area contributed by atoms with Crippen LogP contribution in [-0.4, -0.2) is 38.8 Å². The number of benzene rings is 1. The van der Waals surface area contributed by atoms with Crippen LogP contribution in [-0.2, 0) is 14.9 Å². The van der Waals surface area contributed by atoms with Crippen molar-refractivity contribution in [3.63, 3.8) is 0 Å². The van der Waals surface area contributed by atoms with Crippen molar-refractivity contribution in [1.82, 2.24) is 5.32 Å². The number of nitrogens with one attached hydrogen (secondary N) is 1. The highest BCUT2D eigenvalue weighted by Crippen LogP contribution is 2.26. The number of anilines is 1. The molecule has 0 aromatic heterocycles. The molecule has 1 saturated heterocycles. The van der Waals surface area contributed by atoms with Crippen LogP contribution in [0.2, 0.25) is 0 Å². The van der Waals surface area contributed by atoms with Gasteiger partial charge in [-0.25, -0.2) is 0 Å². The first kappa shape index (κ1) is 14.9. The van der Waals surface area contributed by atoms with Crippen molar-refractivity contribution < 1.29 is 9.53 Å². The molecule has 1 aromatic rings. The van der Waals surface area contributed by atoms with Crippen LogP contribution >= 0.6 is 0 Å². The molecule has 20 heavy (non-hydrogen) atoms. The van der Waals surface area contributed by atoms with Gasteiger partial charge in [0.15, 0.2) is 0 Å². The predicted molar refractivity (Wildman–Crippen MR) is 81.2 cm³/mol. The lowest BCUT2D eigenvalue weighted by Crippen LogP contribution is -2.54. The van der Waals surface area contributed by atoms with Gasteiger partial charge >= 0.3 is 5.97 Å². The van der Waals surface area contributed by atoms with Gasteiger partial charge in [0.25, 0.3) is 0 Å². The summed E-state index contributed by atoms with van der Waals surface area (Å²) in [6, 6.07) is 8.33. The summed E-state index contributed by atoms with van der Waals surface area (Å²) in [5, 5.41) is 3.20. The Morgan fingerprint density at radius 2 is 2.15 bits per heavy atom. The number of esters is 1. The first-order valence-electron chi connectivity index (χ1n) is 7.08. The Morgan fingerprint density at radius 3 is 2.80 bits per heavy atom. The average Bonchev–Trinajstić information content (AvgIpc) is 2.46. The van der Waals surface area contributed by atoms with Crippen LogP contribution < -0.4 is 10.2 Å². The molecule has 0 radical (unpaired) electrons. The smallest absolute Gasteiger partial charge is 0.324 e. The van der Waals surface area contributed by atoms with E-state index in [1.54, 1.807) is 0 Å². The molecule has 4 nitrogen and oxygen atoms in total. The van der Waals surface area contributed by atoms with Crippen molar-refractivity contribution in [3.05, 3.63) is 29.8 Å². The van der Waals surface area contributed by atoms with E-state index in [2.05, 4.69) is 55.3 Å². The highest BCUT2D eigenvalue weighted by Gasteiger charge is 2.26. The summed E-state index contributed by atoms with van der Waals surface area (Å²) in [5.74, 6) is -0.193. The zero-order valence-corrected chi connectivity index (χ0v) is 12.8. The number of nitrogens with zero attached hydrogens (tertiary/aromatic N) is 1. The standard InChI is InChI=1S/C16H24N2O2/c1-16(2,3)12-6-5-7-13(10-12)18-9-8-17-14(11-18)15(19)20-4/h5-7,10,14,17H,8-9,11H2,1-4H3. The summed E-state index contributed by atoms with van der Waals surface area (Å²) in [6.07, 6.45) is 0. The number of ether oxygens (including phenoxy) is 1. The Kier molecular flexibility index (Phi) is 4.33. The normalized spacial score (nSPS) is 19.8. The lowest BCUT2D eigenvalue weighted by molar-refractivity contribution is -0.143.